The molecule has 0 unspecified atom stereocenters. The van der Waals surface area contributed by atoms with Crippen LogP contribution in [-0.2, 0) is 4.79 Å². The molecule has 1 heterocycles. The van der Waals surface area contributed by atoms with Crippen molar-refractivity contribution in [2.24, 2.45) is 0 Å². The number of para-hydroxylation sites is 1. The number of amides is 2. The lowest BCUT2D eigenvalue weighted by atomic mass is 10.2. The first-order chi connectivity index (χ1) is 16.8. The fourth-order valence-electron chi connectivity index (χ4n) is 3.14. The molecule has 0 radical (unpaired) electrons. The van der Waals surface area contributed by atoms with Crippen molar-refractivity contribution in [1.82, 2.24) is 4.90 Å². The van der Waals surface area contributed by atoms with Gasteiger partial charge >= 0.3 is 5.97 Å². The molecule has 6 nitrogen and oxygen atoms in total. The summed E-state index contributed by atoms with van der Waals surface area (Å²) in [5, 5.41) is 0.619. The molecule has 2 amide bonds. The molecule has 10 heteroatoms. The third-order valence-electron chi connectivity index (χ3n) is 4.80. The van der Waals surface area contributed by atoms with Crippen molar-refractivity contribution in [3.05, 3.63) is 97.8 Å². The fourth-order valence-corrected chi connectivity index (χ4v) is 4.68. The lowest BCUT2D eigenvalue weighted by molar-refractivity contribution is -0.123. The number of imide groups is 1. The SMILES string of the molecule is O=C(Oc1cccc(/C=C2\SC(=O)N(CCOc3ccccc3Cl)C2=O)c1)c1ccc(Cl)cc1Cl. The van der Waals surface area contributed by atoms with Crippen LogP contribution in [0.4, 0.5) is 4.79 Å². The molecule has 1 saturated heterocycles. The van der Waals surface area contributed by atoms with Crippen LogP contribution in [0.5, 0.6) is 11.5 Å². The van der Waals surface area contributed by atoms with Crippen LogP contribution in [0, 0.1) is 0 Å². The van der Waals surface area contributed by atoms with Gasteiger partial charge in [-0.1, -0.05) is 59.1 Å². The van der Waals surface area contributed by atoms with E-state index in [0.29, 0.717) is 21.4 Å². The monoisotopic (exact) mass is 547 g/mol. The van der Waals surface area contributed by atoms with E-state index in [2.05, 4.69) is 0 Å². The summed E-state index contributed by atoms with van der Waals surface area (Å²) in [5.74, 6) is -0.356. The van der Waals surface area contributed by atoms with Crippen molar-refractivity contribution in [3.63, 3.8) is 0 Å². The Morgan fingerprint density at radius 2 is 1.74 bits per heavy atom. The van der Waals surface area contributed by atoms with E-state index in [1.165, 1.54) is 18.2 Å². The molecule has 0 spiro atoms. The molecule has 0 bridgehead atoms. The normalized spacial score (nSPS) is 14.5. The minimum absolute atomic E-state index is 0.0761. The van der Waals surface area contributed by atoms with E-state index < -0.39 is 17.1 Å². The molecular weight excluding hydrogens is 533 g/mol. The Hall–Kier alpha value is -2.97. The van der Waals surface area contributed by atoms with Gasteiger partial charge in [0.2, 0.25) is 0 Å². The number of halogens is 3. The summed E-state index contributed by atoms with van der Waals surface area (Å²) in [7, 11) is 0. The second-order valence-electron chi connectivity index (χ2n) is 7.20. The number of carbonyl (C=O) groups excluding carboxylic acids is 3. The number of thioether (sulfide) groups is 1. The Kier molecular flexibility index (Phi) is 8.03. The molecule has 1 aliphatic rings. The minimum atomic E-state index is -0.650. The van der Waals surface area contributed by atoms with Gasteiger partial charge in [-0.2, -0.15) is 0 Å². The van der Waals surface area contributed by atoms with Gasteiger partial charge in [0.1, 0.15) is 18.1 Å². The van der Waals surface area contributed by atoms with E-state index in [9.17, 15) is 14.4 Å². The van der Waals surface area contributed by atoms with Crippen molar-refractivity contribution < 1.29 is 23.9 Å². The number of hydrogen-bond donors (Lipinski definition) is 0. The molecule has 35 heavy (non-hydrogen) atoms. The van der Waals surface area contributed by atoms with Crippen molar-refractivity contribution >= 4 is 69.8 Å². The van der Waals surface area contributed by atoms with Gasteiger partial charge in [0.05, 0.1) is 27.1 Å². The maximum absolute atomic E-state index is 12.8. The standard InChI is InChI=1S/C25H16Cl3NO5S/c26-16-8-9-18(20(28)14-16)24(31)34-17-5-3-4-15(12-17)13-22-23(30)29(25(32)35-22)10-11-33-21-7-2-1-6-19(21)27/h1-9,12-14H,10-11H2/b22-13-. The molecule has 1 fully saturated rings. The first kappa shape index (κ1) is 25.1. The molecule has 3 aromatic rings. The zero-order valence-electron chi connectivity index (χ0n) is 17.9. The van der Waals surface area contributed by atoms with E-state index in [1.54, 1.807) is 54.6 Å². The Bertz CT molecular complexity index is 1340. The van der Waals surface area contributed by atoms with E-state index in [0.717, 1.165) is 16.7 Å². The Labute approximate surface area is 220 Å². The van der Waals surface area contributed by atoms with Crippen LogP contribution in [0.25, 0.3) is 6.08 Å². The number of hydrogen-bond acceptors (Lipinski definition) is 6. The molecule has 0 aliphatic carbocycles. The molecule has 0 aromatic heterocycles. The first-order valence-electron chi connectivity index (χ1n) is 10.2. The van der Waals surface area contributed by atoms with Crippen LogP contribution in [0.3, 0.4) is 0 Å². The minimum Gasteiger partial charge on any atom is -0.490 e. The van der Waals surface area contributed by atoms with Crippen molar-refractivity contribution in [3.8, 4) is 11.5 Å². The second-order valence-corrected chi connectivity index (χ2v) is 9.44. The van der Waals surface area contributed by atoms with E-state index in [1.807, 2.05) is 0 Å². The Balaban J connectivity index is 1.41. The predicted octanol–water partition coefficient (Wildman–Crippen LogP) is 6.98. The topological polar surface area (TPSA) is 72.9 Å². The molecule has 1 aliphatic heterocycles. The maximum atomic E-state index is 12.8. The second kappa shape index (κ2) is 11.2. The number of nitrogens with zero attached hydrogens (tertiary/aromatic N) is 1. The molecule has 178 valence electrons. The van der Waals surface area contributed by atoms with E-state index >= 15 is 0 Å². The smallest absolute Gasteiger partial charge is 0.345 e. The zero-order valence-corrected chi connectivity index (χ0v) is 21.0. The molecule has 0 N–H and O–H groups in total. The van der Waals surface area contributed by atoms with Gasteiger partial charge in [-0.25, -0.2) is 4.79 Å². The van der Waals surface area contributed by atoms with Gasteiger partial charge in [-0.05, 0) is 65.9 Å². The highest BCUT2D eigenvalue weighted by atomic mass is 35.5. The average Bonchev–Trinajstić information content (AvgIpc) is 3.07. The van der Waals surface area contributed by atoms with Crippen LogP contribution in [0.1, 0.15) is 15.9 Å². The van der Waals surface area contributed by atoms with Crippen LogP contribution in [-0.4, -0.2) is 35.2 Å². The predicted molar refractivity (Wildman–Crippen MR) is 137 cm³/mol. The lowest BCUT2D eigenvalue weighted by Gasteiger charge is -2.13. The van der Waals surface area contributed by atoms with Crippen molar-refractivity contribution in [1.29, 1.82) is 0 Å². The molecule has 4 rings (SSSR count). The van der Waals surface area contributed by atoms with Crippen molar-refractivity contribution in [2.75, 3.05) is 13.2 Å². The van der Waals surface area contributed by atoms with Crippen LogP contribution < -0.4 is 9.47 Å². The largest absolute Gasteiger partial charge is 0.490 e. The highest BCUT2D eigenvalue weighted by Crippen LogP contribution is 2.33. The summed E-state index contributed by atoms with van der Waals surface area (Å²) in [4.78, 5) is 39.0. The Morgan fingerprint density at radius 3 is 2.51 bits per heavy atom. The van der Waals surface area contributed by atoms with E-state index in [4.69, 9.17) is 44.3 Å². The summed E-state index contributed by atoms with van der Waals surface area (Å²) >= 11 is 18.8. The quantitative estimate of drug-likeness (QED) is 0.180. The molecule has 3 aromatic carbocycles. The average molecular weight is 549 g/mol. The molecule has 0 atom stereocenters. The third-order valence-corrected chi connectivity index (χ3v) is 6.57. The van der Waals surface area contributed by atoms with Gasteiger partial charge in [0.25, 0.3) is 11.1 Å². The maximum Gasteiger partial charge on any atom is 0.345 e. The summed E-state index contributed by atoms with van der Waals surface area (Å²) in [6.45, 7) is 0.181. The van der Waals surface area contributed by atoms with Gasteiger partial charge in [-0.3, -0.25) is 14.5 Å². The van der Waals surface area contributed by atoms with Gasteiger partial charge < -0.3 is 9.47 Å². The summed E-state index contributed by atoms with van der Waals surface area (Å²) in [6.07, 6.45) is 1.56. The first-order valence-corrected chi connectivity index (χ1v) is 12.2. The van der Waals surface area contributed by atoms with Crippen LogP contribution in [0.15, 0.2) is 71.6 Å². The van der Waals surface area contributed by atoms with Crippen LogP contribution in [0.2, 0.25) is 15.1 Å². The van der Waals surface area contributed by atoms with Gasteiger partial charge in [0, 0.05) is 5.02 Å². The number of ether oxygens (including phenoxy) is 2. The van der Waals surface area contributed by atoms with Gasteiger partial charge in [0.15, 0.2) is 0 Å². The summed E-state index contributed by atoms with van der Waals surface area (Å²) in [5.41, 5.74) is 0.747. The number of rotatable bonds is 7. The highest BCUT2D eigenvalue weighted by molar-refractivity contribution is 8.18. The van der Waals surface area contributed by atoms with Gasteiger partial charge in [-0.15, -0.1) is 0 Å². The summed E-state index contributed by atoms with van der Waals surface area (Å²) < 4.78 is 11.0. The number of carbonyl (C=O) groups is 3. The lowest BCUT2D eigenvalue weighted by Crippen LogP contribution is -2.32. The molecule has 0 saturated carbocycles. The van der Waals surface area contributed by atoms with Crippen LogP contribution >= 0.6 is 46.6 Å². The third kappa shape index (κ3) is 6.18. The fraction of sp³-hybridized carbons (Fsp3) is 0.0800. The number of benzene rings is 3. The molecular formula is C25H16Cl3NO5S. The number of esters is 1. The highest BCUT2D eigenvalue weighted by Gasteiger charge is 2.34. The van der Waals surface area contributed by atoms with E-state index in [-0.39, 0.29) is 34.4 Å². The summed E-state index contributed by atoms with van der Waals surface area (Å²) in [6, 6.07) is 18.0. The van der Waals surface area contributed by atoms with Crippen molar-refractivity contribution in [2.45, 2.75) is 0 Å². The zero-order chi connectivity index (χ0) is 24.9. The Morgan fingerprint density at radius 1 is 0.943 bits per heavy atom.